The highest BCUT2D eigenvalue weighted by Gasteiger charge is 2.31. The zero-order valence-electron chi connectivity index (χ0n) is 10.6. The number of hydrogen-bond donors (Lipinski definition) is 3. The van der Waals surface area contributed by atoms with E-state index < -0.39 is 11.9 Å². The zero-order valence-corrected chi connectivity index (χ0v) is 10.6. The van der Waals surface area contributed by atoms with Crippen molar-refractivity contribution in [2.45, 2.75) is 13.8 Å². The fourth-order valence-electron chi connectivity index (χ4n) is 1.91. The quantitative estimate of drug-likeness (QED) is 0.712. The molecule has 1 aromatic rings. The average molecular weight is 251 g/mol. The number of aliphatic imine (C=N–C) groups is 1. The van der Waals surface area contributed by atoms with Gasteiger partial charge in [0.15, 0.2) is 0 Å². The molecule has 5 nitrogen and oxygen atoms in total. The SMILES string of the molecule is CN=C(c1c(O)cccc1O)C(C(=O)O)C(C)C. The number of phenolic OH excluding ortho intramolecular Hbond substituents is 2. The maximum absolute atomic E-state index is 11.3. The molecule has 1 atom stereocenters. The van der Waals surface area contributed by atoms with Crippen molar-refractivity contribution in [3.05, 3.63) is 23.8 Å². The first kappa shape index (κ1) is 14.0. The molecule has 0 aliphatic carbocycles. The Hall–Kier alpha value is -2.04. The van der Waals surface area contributed by atoms with E-state index in [0.29, 0.717) is 0 Å². The van der Waals surface area contributed by atoms with E-state index >= 15 is 0 Å². The Balaban J connectivity index is 3.39. The van der Waals surface area contributed by atoms with Gasteiger partial charge >= 0.3 is 5.97 Å². The van der Waals surface area contributed by atoms with Gasteiger partial charge < -0.3 is 15.3 Å². The minimum Gasteiger partial charge on any atom is -0.507 e. The lowest BCUT2D eigenvalue weighted by atomic mass is 9.86. The number of aromatic hydroxyl groups is 2. The summed E-state index contributed by atoms with van der Waals surface area (Å²) >= 11 is 0. The van der Waals surface area contributed by atoms with Crippen molar-refractivity contribution >= 4 is 11.7 Å². The third kappa shape index (κ3) is 2.61. The summed E-state index contributed by atoms with van der Waals surface area (Å²) in [7, 11) is 1.44. The van der Waals surface area contributed by atoms with Crippen LogP contribution >= 0.6 is 0 Å². The van der Waals surface area contributed by atoms with Crippen LogP contribution < -0.4 is 0 Å². The molecule has 0 saturated carbocycles. The van der Waals surface area contributed by atoms with Crippen LogP contribution in [-0.4, -0.2) is 34.0 Å². The van der Waals surface area contributed by atoms with Gasteiger partial charge in [-0.3, -0.25) is 9.79 Å². The highest BCUT2D eigenvalue weighted by Crippen LogP contribution is 2.31. The molecule has 1 unspecified atom stereocenters. The molecule has 0 spiro atoms. The summed E-state index contributed by atoms with van der Waals surface area (Å²) in [5, 5.41) is 28.8. The van der Waals surface area contributed by atoms with Crippen LogP contribution in [0, 0.1) is 11.8 Å². The third-order valence-corrected chi connectivity index (χ3v) is 2.74. The fourth-order valence-corrected chi connectivity index (χ4v) is 1.91. The van der Waals surface area contributed by atoms with Crippen molar-refractivity contribution in [2.24, 2.45) is 16.8 Å². The number of carbonyl (C=O) groups is 1. The second-order valence-corrected chi connectivity index (χ2v) is 4.34. The van der Waals surface area contributed by atoms with Crippen LogP contribution in [0.3, 0.4) is 0 Å². The Morgan fingerprint density at radius 2 is 1.72 bits per heavy atom. The molecule has 5 heteroatoms. The predicted octanol–water partition coefficient (Wildman–Crippen LogP) is 1.87. The smallest absolute Gasteiger partial charge is 0.312 e. The van der Waals surface area contributed by atoms with Crippen molar-refractivity contribution in [1.82, 2.24) is 0 Å². The number of phenols is 2. The van der Waals surface area contributed by atoms with Gasteiger partial charge in [-0.2, -0.15) is 0 Å². The fraction of sp³-hybridized carbons (Fsp3) is 0.385. The second kappa shape index (κ2) is 5.53. The van der Waals surface area contributed by atoms with Gasteiger partial charge in [0.25, 0.3) is 0 Å². The van der Waals surface area contributed by atoms with Gasteiger partial charge in [-0.1, -0.05) is 19.9 Å². The summed E-state index contributed by atoms with van der Waals surface area (Å²) < 4.78 is 0. The molecule has 1 rings (SSSR count). The zero-order chi connectivity index (χ0) is 13.9. The minimum absolute atomic E-state index is 0.0844. The van der Waals surface area contributed by atoms with Crippen LogP contribution in [0.15, 0.2) is 23.2 Å². The summed E-state index contributed by atoms with van der Waals surface area (Å²) in [6, 6.07) is 4.26. The van der Waals surface area contributed by atoms with Crippen LogP contribution in [0.4, 0.5) is 0 Å². The Morgan fingerprint density at radius 3 is 2.06 bits per heavy atom. The van der Waals surface area contributed by atoms with E-state index in [0.717, 1.165) is 0 Å². The maximum Gasteiger partial charge on any atom is 0.312 e. The molecule has 1 aromatic carbocycles. The molecular weight excluding hydrogens is 234 g/mol. The molecule has 98 valence electrons. The van der Waals surface area contributed by atoms with Crippen molar-refractivity contribution in [3.8, 4) is 11.5 Å². The molecule has 18 heavy (non-hydrogen) atoms. The molecule has 0 bridgehead atoms. The van der Waals surface area contributed by atoms with E-state index in [4.69, 9.17) is 0 Å². The van der Waals surface area contributed by atoms with Gasteiger partial charge in [0.05, 0.1) is 11.3 Å². The summed E-state index contributed by atoms with van der Waals surface area (Å²) in [6.07, 6.45) is 0. The maximum atomic E-state index is 11.3. The van der Waals surface area contributed by atoms with Crippen LogP contribution in [0.2, 0.25) is 0 Å². The summed E-state index contributed by atoms with van der Waals surface area (Å²) in [6.45, 7) is 3.50. The molecule has 0 aliphatic rings. The number of aliphatic carboxylic acids is 1. The molecule has 0 amide bonds. The number of benzene rings is 1. The van der Waals surface area contributed by atoms with Crippen LogP contribution in [0.25, 0.3) is 0 Å². The number of hydrogen-bond acceptors (Lipinski definition) is 4. The normalized spacial score (nSPS) is 13.7. The highest BCUT2D eigenvalue weighted by atomic mass is 16.4. The highest BCUT2D eigenvalue weighted by molar-refractivity contribution is 6.14. The van der Waals surface area contributed by atoms with Crippen LogP contribution in [0.1, 0.15) is 19.4 Å². The Labute approximate surface area is 105 Å². The van der Waals surface area contributed by atoms with E-state index in [-0.39, 0.29) is 28.7 Å². The Kier molecular flexibility index (Phi) is 4.31. The van der Waals surface area contributed by atoms with Gasteiger partial charge in [-0.15, -0.1) is 0 Å². The van der Waals surface area contributed by atoms with Crippen LogP contribution in [-0.2, 0) is 4.79 Å². The first-order chi connectivity index (χ1) is 8.40. The third-order valence-electron chi connectivity index (χ3n) is 2.74. The molecule has 0 saturated heterocycles. The lowest BCUT2D eigenvalue weighted by molar-refractivity contribution is -0.140. The molecule has 0 heterocycles. The molecule has 0 aliphatic heterocycles. The summed E-state index contributed by atoms with van der Waals surface area (Å²) in [5.74, 6) is -2.48. The molecule has 0 fully saturated rings. The second-order valence-electron chi connectivity index (χ2n) is 4.34. The van der Waals surface area contributed by atoms with Crippen molar-refractivity contribution in [2.75, 3.05) is 7.05 Å². The molecular formula is C13H17NO4. The van der Waals surface area contributed by atoms with Crippen LogP contribution in [0.5, 0.6) is 11.5 Å². The number of nitrogens with zero attached hydrogens (tertiary/aromatic N) is 1. The monoisotopic (exact) mass is 251 g/mol. The van der Waals surface area contributed by atoms with Gasteiger partial charge in [0.1, 0.15) is 17.4 Å². The average Bonchev–Trinajstić information content (AvgIpc) is 2.25. The van der Waals surface area contributed by atoms with E-state index in [1.165, 1.54) is 25.2 Å². The van der Waals surface area contributed by atoms with E-state index in [2.05, 4.69) is 4.99 Å². The Bertz CT molecular complexity index is 460. The minimum atomic E-state index is -1.03. The van der Waals surface area contributed by atoms with Gasteiger partial charge in [-0.25, -0.2) is 0 Å². The Morgan fingerprint density at radius 1 is 1.22 bits per heavy atom. The first-order valence-corrected chi connectivity index (χ1v) is 5.61. The van der Waals surface area contributed by atoms with Crippen molar-refractivity contribution in [1.29, 1.82) is 0 Å². The van der Waals surface area contributed by atoms with E-state index in [1.807, 2.05) is 0 Å². The number of carboxylic acid groups (broad SMARTS) is 1. The summed E-state index contributed by atoms with van der Waals surface area (Å²) in [5.41, 5.74) is 0.259. The number of rotatable bonds is 4. The standard InChI is InChI=1S/C13H17NO4/c1-7(2)10(13(17)18)12(14-3)11-8(15)5-4-6-9(11)16/h4-7,10,15-16H,1-3H3,(H,17,18). The predicted molar refractivity (Wildman–Crippen MR) is 68.2 cm³/mol. The van der Waals surface area contributed by atoms with E-state index in [9.17, 15) is 20.1 Å². The van der Waals surface area contributed by atoms with Gasteiger partial charge in [-0.05, 0) is 18.1 Å². The van der Waals surface area contributed by atoms with E-state index in [1.54, 1.807) is 13.8 Å². The van der Waals surface area contributed by atoms with Gasteiger partial charge in [0, 0.05) is 7.05 Å². The summed E-state index contributed by atoms with van der Waals surface area (Å²) in [4.78, 5) is 15.2. The largest absolute Gasteiger partial charge is 0.507 e. The lowest BCUT2D eigenvalue weighted by Gasteiger charge is -2.20. The van der Waals surface area contributed by atoms with Crippen molar-refractivity contribution < 1.29 is 20.1 Å². The molecule has 3 N–H and O–H groups in total. The first-order valence-electron chi connectivity index (χ1n) is 5.61. The molecule has 0 aromatic heterocycles. The lowest BCUT2D eigenvalue weighted by Crippen LogP contribution is -2.29. The van der Waals surface area contributed by atoms with Gasteiger partial charge in [0.2, 0.25) is 0 Å². The topological polar surface area (TPSA) is 90.1 Å². The molecule has 0 radical (unpaired) electrons. The number of carboxylic acids is 1. The van der Waals surface area contributed by atoms with Crippen molar-refractivity contribution in [3.63, 3.8) is 0 Å².